The second-order valence-corrected chi connectivity index (χ2v) is 6.42. The van der Waals surface area contributed by atoms with Crippen LogP contribution in [-0.4, -0.2) is 22.5 Å². The van der Waals surface area contributed by atoms with Gasteiger partial charge in [0, 0.05) is 16.0 Å². The number of benzene rings is 1. The monoisotopic (exact) mass is 394 g/mol. The standard InChI is InChI=1S/C17H16BrFN2O3/c1-2-23-17(22)13-6-12(13)15-7-21-16(8-20-15)24-9-10-5-11(18)3-4-14(10)19/h3-5,7-8,12-13H,2,6,9H2,1H3/t12-,13-/m0/s1. The summed E-state index contributed by atoms with van der Waals surface area (Å²) in [6, 6.07) is 4.66. The Hall–Kier alpha value is -2.02. The van der Waals surface area contributed by atoms with Gasteiger partial charge in [0.2, 0.25) is 5.88 Å². The third-order valence-electron chi connectivity index (χ3n) is 3.79. The van der Waals surface area contributed by atoms with Crippen molar-refractivity contribution in [2.75, 3.05) is 6.61 Å². The largest absolute Gasteiger partial charge is 0.472 e. The molecular weight excluding hydrogens is 379 g/mol. The topological polar surface area (TPSA) is 61.3 Å². The van der Waals surface area contributed by atoms with E-state index in [1.807, 2.05) is 0 Å². The molecule has 1 fully saturated rings. The molecule has 2 aromatic rings. The van der Waals surface area contributed by atoms with Crippen LogP contribution in [0.2, 0.25) is 0 Å². The zero-order valence-corrected chi connectivity index (χ0v) is 14.6. The Kier molecular flexibility index (Phi) is 5.08. The molecule has 7 heteroatoms. The summed E-state index contributed by atoms with van der Waals surface area (Å²) >= 11 is 3.30. The van der Waals surface area contributed by atoms with E-state index < -0.39 is 0 Å². The predicted octanol–water partition coefficient (Wildman–Crippen LogP) is 3.62. The number of carbonyl (C=O) groups is 1. The average Bonchev–Trinajstić information content (AvgIpc) is 3.37. The van der Waals surface area contributed by atoms with Crippen molar-refractivity contribution in [3.8, 4) is 5.88 Å². The molecule has 0 bridgehead atoms. The second kappa shape index (κ2) is 7.25. The summed E-state index contributed by atoms with van der Waals surface area (Å²) in [6.45, 7) is 2.23. The van der Waals surface area contributed by atoms with Crippen molar-refractivity contribution < 1.29 is 18.7 Å². The summed E-state index contributed by atoms with van der Waals surface area (Å²) in [7, 11) is 0. The van der Waals surface area contributed by atoms with Crippen LogP contribution in [0.25, 0.3) is 0 Å². The van der Waals surface area contributed by atoms with Crippen LogP contribution in [0.4, 0.5) is 4.39 Å². The SMILES string of the molecule is CCOC(=O)[C@H]1C[C@@H]1c1cnc(OCc2cc(Br)ccc2F)cn1. The van der Waals surface area contributed by atoms with Gasteiger partial charge in [-0.15, -0.1) is 0 Å². The third-order valence-corrected chi connectivity index (χ3v) is 4.28. The highest BCUT2D eigenvalue weighted by Gasteiger charge is 2.46. The Morgan fingerprint density at radius 2 is 2.21 bits per heavy atom. The predicted molar refractivity (Wildman–Crippen MR) is 87.9 cm³/mol. The Balaban J connectivity index is 1.58. The van der Waals surface area contributed by atoms with Crippen molar-refractivity contribution in [1.29, 1.82) is 0 Å². The molecule has 2 atom stereocenters. The van der Waals surface area contributed by atoms with Crippen LogP contribution in [0, 0.1) is 11.7 Å². The first-order chi connectivity index (χ1) is 11.6. The molecule has 24 heavy (non-hydrogen) atoms. The summed E-state index contributed by atoms with van der Waals surface area (Å²) in [5.74, 6) is -0.269. The molecular formula is C17H16BrFN2O3. The molecule has 3 rings (SSSR count). The van der Waals surface area contributed by atoms with Gasteiger partial charge in [-0.2, -0.15) is 0 Å². The Labute approximate surface area is 147 Å². The van der Waals surface area contributed by atoms with Crippen molar-refractivity contribution >= 4 is 21.9 Å². The highest BCUT2D eigenvalue weighted by molar-refractivity contribution is 9.10. The van der Waals surface area contributed by atoms with Gasteiger partial charge in [0.25, 0.3) is 0 Å². The van der Waals surface area contributed by atoms with Crippen molar-refractivity contribution in [2.24, 2.45) is 5.92 Å². The number of ether oxygens (including phenoxy) is 2. The van der Waals surface area contributed by atoms with E-state index in [-0.39, 0.29) is 30.2 Å². The maximum absolute atomic E-state index is 13.7. The van der Waals surface area contributed by atoms with Crippen LogP contribution >= 0.6 is 15.9 Å². The number of hydrogen-bond acceptors (Lipinski definition) is 5. The Bertz CT molecular complexity index is 739. The zero-order chi connectivity index (χ0) is 17.1. The van der Waals surface area contributed by atoms with Gasteiger partial charge < -0.3 is 9.47 Å². The lowest BCUT2D eigenvalue weighted by atomic mass is 10.2. The second-order valence-electron chi connectivity index (χ2n) is 5.50. The molecule has 0 aliphatic heterocycles. The molecule has 5 nitrogen and oxygen atoms in total. The first kappa shape index (κ1) is 16.8. The minimum atomic E-state index is -0.335. The number of rotatable bonds is 6. The van der Waals surface area contributed by atoms with E-state index in [0.29, 0.717) is 18.1 Å². The minimum absolute atomic E-state index is 0.0631. The molecule has 0 spiro atoms. The minimum Gasteiger partial charge on any atom is -0.472 e. The van der Waals surface area contributed by atoms with Crippen molar-refractivity contribution in [2.45, 2.75) is 25.9 Å². The Morgan fingerprint density at radius 1 is 1.38 bits per heavy atom. The molecule has 1 aromatic carbocycles. The number of halogens is 2. The molecule has 0 radical (unpaired) electrons. The molecule has 0 amide bonds. The molecule has 1 heterocycles. The van der Waals surface area contributed by atoms with Gasteiger partial charge in [-0.1, -0.05) is 15.9 Å². The van der Waals surface area contributed by atoms with E-state index in [4.69, 9.17) is 9.47 Å². The van der Waals surface area contributed by atoms with Crippen molar-refractivity contribution in [3.05, 3.63) is 52.1 Å². The summed E-state index contributed by atoms with van der Waals surface area (Å²) in [4.78, 5) is 20.1. The van der Waals surface area contributed by atoms with E-state index in [1.54, 1.807) is 25.3 Å². The lowest BCUT2D eigenvalue weighted by Crippen LogP contribution is -2.07. The van der Waals surface area contributed by atoms with Gasteiger partial charge in [0.1, 0.15) is 12.4 Å². The van der Waals surface area contributed by atoms with Crippen LogP contribution in [0.15, 0.2) is 35.1 Å². The van der Waals surface area contributed by atoms with Gasteiger partial charge in [-0.05, 0) is 31.5 Å². The number of carbonyl (C=O) groups excluding carboxylic acids is 1. The molecule has 0 unspecified atom stereocenters. The van der Waals surface area contributed by atoms with Crippen LogP contribution < -0.4 is 4.74 Å². The normalized spacial score (nSPS) is 19.0. The van der Waals surface area contributed by atoms with Crippen molar-refractivity contribution in [1.82, 2.24) is 9.97 Å². The fraction of sp³-hybridized carbons (Fsp3) is 0.353. The average molecular weight is 395 g/mol. The molecule has 0 saturated heterocycles. The van der Waals surface area contributed by atoms with E-state index in [2.05, 4.69) is 25.9 Å². The van der Waals surface area contributed by atoms with Crippen LogP contribution in [0.1, 0.15) is 30.5 Å². The third kappa shape index (κ3) is 3.90. The summed E-state index contributed by atoms with van der Waals surface area (Å²) < 4.78 is 24.9. The highest BCUT2D eigenvalue weighted by atomic mass is 79.9. The maximum Gasteiger partial charge on any atom is 0.309 e. The fourth-order valence-electron chi connectivity index (χ4n) is 2.43. The number of aromatic nitrogens is 2. The first-order valence-corrected chi connectivity index (χ1v) is 8.43. The summed E-state index contributed by atoms with van der Waals surface area (Å²) in [5.41, 5.74) is 1.17. The highest BCUT2D eigenvalue weighted by Crippen LogP contribution is 2.47. The maximum atomic E-state index is 13.7. The molecule has 0 N–H and O–H groups in total. The molecule has 1 aliphatic carbocycles. The molecule has 1 aliphatic rings. The van der Waals surface area contributed by atoms with E-state index >= 15 is 0 Å². The summed E-state index contributed by atoms with van der Waals surface area (Å²) in [6.07, 6.45) is 3.82. The van der Waals surface area contributed by atoms with E-state index in [1.165, 1.54) is 12.3 Å². The van der Waals surface area contributed by atoms with Crippen molar-refractivity contribution in [3.63, 3.8) is 0 Å². The first-order valence-electron chi connectivity index (χ1n) is 7.63. The van der Waals surface area contributed by atoms with Crippen LogP contribution in [0.5, 0.6) is 5.88 Å². The fourth-order valence-corrected chi connectivity index (χ4v) is 2.84. The number of hydrogen-bond donors (Lipinski definition) is 0. The number of esters is 1. The van der Waals surface area contributed by atoms with Gasteiger partial charge >= 0.3 is 5.97 Å². The lowest BCUT2D eigenvalue weighted by Gasteiger charge is -2.07. The van der Waals surface area contributed by atoms with Crippen LogP contribution in [0.3, 0.4) is 0 Å². The number of nitrogens with zero attached hydrogens (tertiary/aromatic N) is 2. The van der Waals surface area contributed by atoms with Gasteiger partial charge in [0.15, 0.2) is 0 Å². The van der Waals surface area contributed by atoms with Gasteiger partial charge in [-0.3, -0.25) is 9.78 Å². The molecule has 126 valence electrons. The lowest BCUT2D eigenvalue weighted by molar-refractivity contribution is -0.144. The Morgan fingerprint density at radius 3 is 2.92 bits per heavy atom. The summed E-state index contributed by atoms with van der Waals surface area (Å²) in [5, 5.41) is 0. The van der Waals surface area contributed by atoms with Gasteiger partial charge in [-0.25, -0.2) is 9.37 Å². The van der Waals surface area contributed by atoms with Crippen LogP contribution in [-0.2, 0) is 16.1 Å². The van der Waals surface area contributed by atoms with E-state index in [9.17, 15) is 9.18 Å². The quantitative estimate of drug-likeness (QED) is 0.700. The zero-order valence-electron chi connectivity index (χ0n) is 13.0. The smallest absolute Gasteiger partial charge is 0.309 e. The molecule has 1 aromatic heterocycles. The molecule has 1 saturated carbocycles. The van der Waals surface area contributed by atoms with Gasteiger partial charge in [0.05, 0.1) is 30.6 Å². The van der Waals surface area contributed by atoms with E-state index in [0.717, 1.165) is 16.6 Å².